The summed E-state index contributed by atoms with van der Waals surface area (Å²) >= 11 is 0. The number of benzene rings is 2. The van der Waals surface area contributed by atoms with E-state index >= 15 is 0 Å². The van der Waals surface area contributed by atoms with E-state index < -0.39 is 22.0 Å². The minimum Gasteiger partial charge on any atom is -0.478 e. The molecule has 1 fully saturated rings. The molecule has 0 atom stereocenters. The van der Waals surface area contributed by atoms with Gasteiger partial charge in [-0.1, -0.05) is 38.1 Å². The molecule has 1 saturated heterocycles. The smallest absolute Gasteiger partial charge is 0.328 e. The van der Waals surface area contributed by atoms with Gasteiger partial charge >= 0.3 is 11.9 Å². The van der Waals surface area contributed by atoms with Gasteiger partial charge in [-0.05, 0) is 60.7 Å². The van der Waals surface area contributed by atoms with Gasteiger partial charge in [0, 0.05) is 38.3 Å². The third-order valence-electron chi connectivity index (χ3n) is 5.55. The van der Waals surface area contributed by atoms with Gasteiger partial charge in [0.2, 0.25) is 0 Å². The van der Waals surface area contributed by atoms with Crippen LogP contribution in [0.3, 0.4) is 0 Å². The number of halogens is 1. The summed E-state index contributed by atoms with van der Waals surface area (Å²) in [6.45, 7) is 6.99. The summed E-state index contributed by atoms with van der Waals surface area (Å²) in [6, 6.07) is 13.5. The fraction of sp³-hybridized carbons (Fsp3) is 0.385. The van der Waals surface area contributed by atoms with Gasteiger partial charge in [0.1, 0.15) is 5.82 Å². The summed E-state index contributed by atoms with van der Waals surface area (Å²) in [7, 11) is -1.66. The molecule has 37 heavy (non-hydrogen) atoms. The molecule has 0 spiro atoms. The van der Waals surface area contributed by atoms with Crippen molar-refractivity contribution in [3.05, 3.63) is 77.6 Å². The molecular formula is C26H34FN3O6S. The van der Waals surface area contributed by atoms with Crippen molar-refractivity contribution in [2.45, 2.75) is 44.7 Å². The molecule has 1 aliphatic rings. The maximum absolute atomic E-state index is 13.1. The molecule has 2 aromatic rings. The number of hydrazine groups is 1. The summed E-state index contributed by atoms with van der Waals surface area (Å²) in [5.74, 6) is -2.77. The molecule has 0 radical (unpaired) electrons. The first-order valence-corrected chi connectivity index (χ1v) is 13.2. The lowest BCUT2D eigenvalue weighted by Crippen LogP contribution is -2.50. The lowest BCUT2D eigenvalue weighted by molar-refractivity contribution is -0.134. The van der Waals surface area contributed by atoms with Crippen molar-refractivity contribution < 1.29 is 32.6 Å². The van der Waals surface area contributed by atoms with Crippen LogP contribution in [-0.2, 0) is 32.7 Å². The quantitative estimate of drug-likeness (QED) is 0.417. The van der Waals surface area contributed by atoms with E-state index in [9.17, 15) is 22.4 Å². The van der Waals surface area contributed by atoms with Crippen LogP contribution in [0.5, 0.6) is 0 Å². The number of sulfonamides is 1. The van der Waals surface area contributed by atoms with Gasteiger partial charge in [-0.25, -0.2) is 27.4 Å². The standard InChI is InChI=1S/C22H30FN3O2S.C4H4O4/c1-22(2)12-5-13-26(17-22)24-29(27,28)21-7-4-6-19(14-21)16-25(3)15-18-8-10-20(23)11-9-18;5-3(6)1-2-4(7)8/h4,6-11,14,24H,5,12-13,15-17H2,1-3H3;1-2H,(H,5,6)(H,7,8)/b;2-1-. The number of aliphatic carboxylic acids is 2. The van der Waals surface area contributed by atoms with Crippen LogP contribution in [0.1, 0.15) is 37.8 Å². The molecule has 9 nitrogen and oxygen atoms in total. The number of carboxylic acid groups (broad SMARTS) is 2. The average molecular weight is 536 g/mol. The van der Waals surface area contributed by atoms with Crippen molar-refractivity contribution in [3.8, 4) is 0 Å². The number of nitrogens with zero attached hydrogens (tertiary/aromatic N) is 2. The second-order valence-electron chi connectivity index (χ2n) is 9.74. The van der Waals surface area contributed by atoms with Crippen LogP contribution in [0.15, 0.2) is 65.6 Å². The highest BCUT2D eigenvalue weighted by Crippen LogP contribution is 2.28. The van der Waals surface area contributed by atoms with Crippen LogP contribution in [0.2, 0.25) is 0 Å². The van der Waals surface area contributed by atoms with Crippen molar-refractivity contribution in [3.63, 3.8) is 0 Å². The monoisotopic (exact) mass is 535 g/mol. The zero-order valence-corrected chi connectivity index (χ0v) is 22.0. The second kappa shape index (κ2) is 13.4. The summed E-state index contributed by atoms with van der Waals surface area (Å²) in [4.78, 5) is 24.2. The Kier molecular flexibility index (Phi) is 10.9. The highest BCUT2D eigenvalue weighted by atomic mass is 32.2. The maximum atomic E-state index is 13.1. The average Bonchev–Trinajstić information content (AvgIpc) is 2.79. The van der Waals surface area contributed by atoms with Crippen LogP contribution >= 0.6 is 0 Å². The van der Waals surface area contributed by atoms with Gasteiger partial charge in [-0.3, -0.25) is 4.90 Å². The lowest BCUT2D eigenvalue weighted by atomic mass is 9.85. The van der Waals surface area contributed by atoms with Crippen LogP contribution in [-0.4, -0.2) is 60.6 Å². The van der Waals surface area contributed by atoms with Gasteiger partial charge in [0.25, 0.3) is 10.0 Å². The van der Waals surface area contributed by atoms with Gasteiger partial charge in [0.15, 0.2) is 0 Å². The zero-order valence-electron chi connectivity index (χ0n) is 21.2. The van der Waals surface area contributed by atoms with Crippen molar-refractivity contribution >= 4 is 22.0 Å². The largest absolute Gasteiger partial charge is 0.478 e. The Morgan fingerprint density at radius 1 is 1.05 bits per heavy atom. The Morgan fingerprint density at radius 2 is 1.65 bits per heavy atom. The highest BCUT2D eigenvalue weighted by Gasteiger charge is 2.29. The van der Waals surface area contributed by atoms with Crippen molar-refractivity contribution in [2.75, 3.05) is 20.1 Å². The van der Waals surface area contributed by atoms with E-state index in [0.29, 0.717) is 31.8 Å². The predicted octanol–water partition coefficient (Wildman–Crippen LogP) is 3.48. The first-order valence-electron chi connectivity index (χ1n) is 11.7. The van der Waals surface area contributed by atoms with E-state index in [1.807, 2.05) is 18.1 Å². The van der Waals surface area contributed by atoms with Crippen LogP contribution in [0, 0.1) is 11.2 Å². The molecule has 3 N–H and O–H groups in total. The van der Waals surface area contributed by atoms with Gasteiger partial charge in [0.05, 0.1) is 4.90 Å². The third-order valence-corrected chi connectivity index (χ3v) is 6.92. The Balaban J connectivity index is 0.000000521. The van der Waals surface area contributed by atoms with Crippen molar-refractivity contribution in [1.29, 1.82) is 0 Å². The molecular weight excluding hydrogens is 501 g/mol. The third kappa shape index (κ3) is 11.2. The van der Waals surface area contributed by atoms with E-state index in [2.05, 4.69) is 23.6 Å². The normalized spacial score (nSPS) is 15.8. The number of hydrogen-bond acceptors (Lipinski definition) is 6. The van der Waals surface area contributed by atoms with E-state index in [0.717, 1.165) is 30.5 Å². The lowest BCUT2D eigenvalue weighted by Gasteiger charge is -2.37. The summed E-state index contributed by atoms with van der Waals surface area (Å²) in [5, 5.41) is 17.4. The number of rotatable bonds is 9. The summed E-state index contributed by atoms with van der Waals surface area (Å²) < 4.78 is 38.8. The van der Waals surface area contributed by atoms with Gasteiger partial charge in [-0.2, -0.15) is 0 Å². The topological polar surface area (TPSA) is 127 Å². The van der Waals surface area contributed by atoms with Crippen LogP contribution < -0.4 is 4.83 Å². The first-order chi connectivity index (χ1) is 17.3. The number of carbonyl (C=O) groups is 2. The number of hydrogen-bond donors (Lipinski definition) is 3. The highest BCUT2D eigenvalue weighted by molar-refractivity contribution is 7.89. The fourth-order valence-electron chi connectivity index (χ4n) is 3.95. The summed E-state index contributed by atoms with van der Waals surface area (Å²) in [5.41, 5.74) is 2.02. The molecule has 0 bridgehead atoms. The van der Waals surface area contributed by atoms with Crippen LogP contribution in [0.25, 0.3) is 0 Å². The summed E-state index contributed by atoms with van der Waals surface area (Å²) in [6.07, 6.45) is 3.19. The van der Waals surface area contributed by atoms with Gasteiger partial charge < -0.3 is 10.2 Å². The molecule has 202 valence electrons. The maximum Gasteiger partial charge on any atom is 0.328 e. The van der Waals surface area contributed by atoms with Crippen LogP contribution in [0.4, 0.5) is 4.39 Å². The van der Waals surface area contributed by atoms with E-state index in [-0.39, 0.29) is 16.1 Å². The second-order valence-corrected chi connectivity index (χ2v) is 11.4. The minimum atomic E-state index is -3.62. The Labute approximate surface area is 217 Å². The molecule has 0 unspecified atom stereocenters. The van der Waals surface area contributed by atoms with Crippen molar-refractivity contribution in [2.24, 2.45) is 5.41 Å². The molecule has 3 rings (SSSR count). The van der Waals surface area contributed by atoms with E-state index in [1.165, 1.54) is 12.1 Å². The van der Waals surface area contributed by atoms with E-state index in [1.54, 1.807) is 30.3 Å². The molecule has 0 amide bonds. The Morgan fingerprint density at radius 3 is 2.22 bits per heavy atom. The molecule has 2 aromatic carbocycles. The molecule has 1 aliphatic heterocycles. The Bertz CT molecular complexity index is 1180. The molecule has 1 heterocycles. The number of piperidine rings is 1. The predicted molar refractivity (Wildman–Crippen MR) is 137 cm³/mol. The molecule has 11 heteroatoms. The number of nitrogens with one attached hydrogen (secondary N) is 1. The fourth-order valence-corrected chi connectivity index (χ4v) is 5.11. The van der Waals surface area contributed by atoms with Crippen molar-refractivity contribution in [1.82, 2.24) is 14.7 Å². The first kappa shape index (κ1) is 30.1. The molecule has 0 saturated carbocycles. The molecule has 0 aromatic heterocycles. The zero-order chi connectivity index (χ0) is 27.6. The molecule has 0 aliphatic carbocycles. The Hall–Kier alpha value is -3.12. The minimum absolute atomic E-state index is 0.103. The SMILES string of the molecule is CN(Cc1ccc(F)cc1)Cc1cccc(S(=O)(=O)NN2CCCC(C)(C)C2)c1.O=C(O)/C=C\C(=O)O. The number of carboxylic acids is 2. The van der Waals surface area contributed by atoms with E-state index in [4.69, 9.17) is 10.2 Å². The van der Waals surface area contributed by atoms with Gasteiger partial charge in [-0.15, -0.1) is 4.83 Å².